The summed E-state index contributed by atoms with van der Waals surface area (Å²) in [5.74, 6) is -2.30. The number of nitrogens with zero attached hydrogens (tertiary/aromatic N) is 3. The van der Waals surface area contributed by atoms with E-state index >= 15 is 0 Å². The first-order valence-electron chi connectivity index (χ1n) is 46.2. The van der Waals surface area contributed by atoms with Crippen molar-refractivity contribution in [2.24, 2.45) is 0 Å². The lowest BCUT2D eigenvalue weighted by molar-refractivity contribution is 0.0646. The third-order valence-electron chi connectivity index (χ3n) is 19.6. The maximum Gasteiger partial charge on any atom is 0.337 e. The predicted octanol–water partition coefficient (Wildman–Crippen LogP) is 15.3. The highest BCUT2D eigenvalue weighted by molar-refractivity contribution is 6.68. The van der Waals surface area contributed by atoms with E-state index in [9.17, 15) is 47.9 Å². The summed E-state index contributed by atoms with van der Waals surface area (Å²) in [6, 6.07) is 15.4. The first-order chi connectivity index (χ1) is 59.5. The molecule has 38 heteroatoms. The molecule has 1 aliphatic heterocycles. The fraction of sp³-hybridized carbons (Fsp3) is 0.692. The van der Waals surface area contributed by atoms with Crippen molar-refractivity contribution in [2.45, 2.75) is 381 Å². The Hall–Kier alpha value is -6.08. The smallest absolute Gasteiger partial charge is 0.337 e. The van der Waals surface area contributed by atoms with Gasteiger partial charge in [0, 0.05) is 196 Å². The third kappa shape index (κ3) is 38.0. The molecule has 5 aromatic rings. The van der Waals surface area contributed by atoms with Crippen molar-refractivity contribution < 1.29 is 90.7 Å². The van der Waals surface area contributed by atoms with Gasteiger partial charge in [0.1, 0.15) is 0 Å². The molecule has 4 N–H and O–H groups in total. The number of fused-ring (bicyclic) bond motifs is 3. The molecular formula is C91H159N7O24Si7. The number of carbonyl (C=O) groups is 6. The van der Waals surface area contributed by atoms with E-state index in [1.54, 1.807) is 12.1 Å². The summed E-state index contributed by atoms with van der Waals surface area (Å²) in [4.78, 5) is 134. The van der Waals surface area contributed by atoms with Crippen LogP contribution < -0.4 is 43.5 Å². The van der Waals surface area contributed by atoms with Crippen LogP contribution in [0, 0.1) is 0 Å². The molecule has 6 amide bonds. The fourth-order valence-electron chi connectivity index (χ4n) is 16.1. The number of hydrogen-bond donors (Lipinski definition) is 4. The van der Waals surface area contributed by atoms with Crippen LogP contribution in [0.15, 0.2) is 67.7 Å². The van der Waals surface area contributed by atoms with E-state index in [1.807, 2.05) is 240 Å². The van der Waals surface area contributed by atoms with E-state index < -0.39 is 106 Å². The minimum atomic E-state index is -2.68. The molecule has 3 aromatic carbocycles. The number of hydrogen-bond acceptors (Lipinski definition) is 24. The SMILES string of the molecule is CC(C)O[Si](C)(CCNC(=O)c1cc(C(=O)NCC[Si](C)(OC(C)C)OC(C)C)cc(C(=O)NCC[Si](C)(OC(C)C)OC(C)C)c1)OC(C)C.CC(C)O[Si](C)(CCNC(=O)c1ccc2c(c1)C(=O)N(CC[Si](C)(OC(C)C)OC(C)C)C2=O)OC(C)C.CC(C)O[Si](C)(CCn1c(=O)c2cc3c(=O)n(CC[Si](C)(OC(C)C)OC(C)C)c(=O)c3cc2c1=O)OC(C)C. The van der Waals surface area contributed by atoms with Crippen LogP contribution in [0.25, 0.3) is 21.5 Å². The second-order valence-electron chi connectivity index (χ2n) is 38.3. The molecule has 0 bridgehead atoms. The summed E-state index contributed by atoms with van der Waals surface area (Å²) in [5.41, 5.74) is -0.470. The van der Waals surface area contributed by atoms with E-state index in [-0.39, 0.29) is 161 Å². The molecule has 129 heavy (non-hydrogen) atoms. The lowest BCUT2D eigenvalue weighted by atomic mass is 10.0. The number of carbonyl (C=O) groups excluding carboxylic acids is 6. The van der Waals surface area contributed by atoms with E-state index in [0.29, 0.717) is 79.6 Å². The van der Waals surface area contributed by atoms with Crippen LogP contribution in [-0.2, 0) is 75.1 Å². The highest BCUT2D eigenvalue weighted by Gasteiger charge is 2.44. The quantitative estimate of drug-likeness (QED) is 0.0207. The third-order valence-corrected chi connectivity index (χ3v) is 41.2. The lowest BCUT2D eigenvalue weighted by Gasteiger charge is -2.32. The molecule has 0 radical (unpaired) electrons. The first kappa shape index (κ1) is 115. The van der Waals surface area contributed by atoms with Gasteiger partial charge in [-0.05, 0) is 288 Å². The second-order valence-corrected chi connectivity index (χ2v) is 61.0. The number of imide groups is 1. The second kappa shape index (κ2) is 51.0. The largest absolute Gasteiger partial charge is 0.392 e. The summed E-state index contributed by atoms with van der Waals surface area (Å²) in [5, 5.41) is 12.3. The number of rotatable bonds is 53. The molecule has 3 heterocycles. The average molecular weight is 1930 g/mol. The molecule has 0 unspecified atom stereocenters. The van der Waals surface area contributed by atoms with Crippen molar-refractivity contribution >= 4 is 117 Å². The van der Waals surface area contributed by atoms with Gasteiger partial charge in [0.25, 0.3) is 57.7 Å². The minimum Gasteiger partial charge on any atom is -0.392 e. The van der Waals surface area contributed by atoms with E-state index in [4.69, 9.17) is 62.0 Å². The standard InChI is InChI=1S/C36H69N3O9Si3.C28H44N2O8Si2.C27H46N2O7Si2/c1-25(2)43-49(13,44-26(3)4)19-16-37-34(40)31-22-32(35(41)38-17-20-50(14,45-27(5)6)46-28(7)8)24-33(23-31)36(42)39-18-21-51(15,47-29(9)10)48-30(11)12;1-17(2)35-39(9,36-18(3)4)13-11-29-25(31)21-15-23-24(16-22(21)26(29)32)28(34)30(27(23)33)12-14-40(10,37-19(5)6)38-20(7)8;1-18(2)33-37(9,34-19(3)4)15-13-28-25(30)22-11-12-23-24(17-22)27(32)29(26(23)31)14-16-38(10,35-20(5)6)36-21(7)8/h22-30H,16-21H2,1-15H3,(H,37,40)(H,38,41)(H,39,42);15-20H,11-14H2,1-10H3;11-12,17-21H,13-16H2,1-10H3,(H,28,30). The Morgan fingerprint density at radius 3 is 0.643 bits per heavy atom. The highest BCUT2D eigenvalue weighted by atomic mass is 28.4. The summed E-state index contributed by atoms with van der Waals surface area (Å²) < 4.78 is 88.2. The maximum absolute atomic E-state index is 13.5. The summed E-state index contributed by atoms with van der Waals surface area (Å²) in [6.45, 7) is 70.2. The molecule has 0 aliphatic carbocycles. The van der Waals surface area contributed by atoms with E-state index in [2.05, 4.69) is 21.3 Å². The molecule has 0 saturated heterocycles. The first-order valence-corrected chi connectivity index (χ1v) is 63.8. The van der Waals surface area contributed by atoms with Crippen LogP contribution in [0.3, 0.4) is 0 Å². The summed E-state index contributed by atoms with van der Waals surface area (Å²) >= 11 is 0. The van der Waals surface area contributed by atoms with Gasteiger partial charge in [-0.2, -0.15) is 0 Å². The number of nitrogens with one attached hydrogen (secondary N) is 4. The van der Waals surface area contributed by atoms with Crippen molar-refractivity contribution in [2.75, 3.05) is 32.7 Å². The summed E-state index contributed by atoms with van der Waals surface area (Å²) in [7, 11) is -18.2. The lowest BCUT2D eigenvalue weighted by Crippen LogP contribution is -2.46. The molecule has 0 spiro atoms. The maximum atomic E-state index is 13.5. The van der Waals surface area contributed by atoms with Crippen molar-refractivity contribution in [1.82, 2.24) is 35.3 Å². The zero-order valence-electron chi connectivity index (χ0n) is 84.2. The fourth-order valence-corrected chi connectivity index (χ4v) is 36.3. The Morgan fingerprint density at radius 2 is 0.434 bits per heavy atom. The van der Waals surface area contributed by atoms with Gasteiger partial charge in [-0.3, -0.25) is 62.0 Å². The zero-order chi connectivity index (χ0) is 98.1. The average Bonchev–Trinajstić information content (AvgIpc) is 1.58. The van der Waals surface area contributed by atoms with Crippen LogP contribution in [0.2, 0.25) is 88.1 Å². The Labute approximate surface area is 774 Å². The Bertz CT molecular complexity index is 4270. The van der Waals surface area contributed by atoms with Crippen molar-refractivity contribution in [3.63, 3.8) is 0 Å². The van der Waals surface area contributed by atoms with Gasteiger partial charge in [-0.25, -0.2) is 0 Å². The molecule has 1 aliphatic rings. The van der Waals surface area contributed by atoms with Gasteiger partial charge in [0.2, 0.25) is 0 Å². The van der Waals surface area contributed by atoms with Crippen molar-refractivity contribution in [1.29, 1.82) is 0 Å². The Kier molecular flexibility index (Phi) is 45.6. The van der Waals surface area contributed by atoms with Gasteiger partial charge in [-0.15, -0.1) is 0 Å². The number of benzene rings is 3. The van der Waals surface area contributed by atoms with E-state index in [0.717, 1.165) is 9.13 Å². The monoisotopic (exact) mass is 1930 g/mol. The van der Waals surface area contributed by atoms with Crippen molar-refractivity contribution in [3.8, 4) is 0 Å². The van der Waals surface area contributed by atoms with Gasteiger partial charge in [0.05, 0.1) is 32.7 Å². The van der Waals surface area contributed by atoms with Gasteiger partial charge >= 0.3 is 59.9 Å². The predicted molar refractivity (Wildman–Crippen MR) is 525 cm³/mol. The topological polar surface area (TPSA) is 361 Å². The van der Waals surface area contributed by atoms with Crippen LogP contribution >= 0.6 is 0 Å². The van der Waals surface area contributed by atoms with Crippen LogP contribution in [-0.4, -0.2) is 228 Å². The van der Waals surface area contributed by atoms with Gasteiger partial charge < -0.3 is 83.2 Å². The minimum absolute atomic E-state index is 0.0174. The Morgan fingerprint density at radius 1 is 0.248 bits per heavy atom. The van der Waals surface area contributed by atoms with Crippen LogP contribution in [0.5, 0.6) is 0 Å². The molecule has 0 saturated carbocycles. The Balaban J connectivity index is 0.000000410. The molecule has 0 fully saturated rings. The molecule has 6 rings (SSSR count). The van der Waals surface area contributed by atoms with Crippen LogP contribution in [0.1, 0.15) is 256 Å². The highest BCUT2D eigenvalue weighted by Crippen LogP contribution is 2.30. The number of amides is 6. The summed E-state index contributed by atoms with van der Waals surface area (Å²) in [6.07, 6.45) is -0.342. The van der Waals surface area contributed by atoms with E-state index in [1.165, 1.54) is 41.3 Å². The molecule has 31 nitrogen and oxygen atoms in total. The van der Waals surface area contributed by atoms with Gasteiger partial charge in [-0.1, -0.05) is 0 Å². The van der Waals surface area contributed by atoms with Crippen LogP contribution in [0.4, 0.5) is 0 Å². The molecule has 2 aromatic heterocycles. The molecule has 730 valence electrons. The van der Waals surface area contributed by atoms with Gasteiger partial charge in [0.15, 0.2) is 0 Å². The molecule has 0 atom stereocenters. The molecular weight excluding hydrogens is 1770 g/mol. The zero-order valence-corrected chi connectivity index (χ0v) is 91.2. The number of aromatic nitrogens is 2. The van der Waals surface area contributed by atoms with Crippen molar-refractivity contribution in [3.05, 3.63) is 123 Å². The normalized spacial score (nSPS) is 13.5.